The van der Waals surface area contributed by atoms with Gasteiger partial charge in [0.15, 0.2) is 0 Å². The van der Waals surface area contributed by atoms with E-state index in [1.165, 1.54) is 0 Å². The van der Waals surface area contributed by atoms with Gasteiger partial charge in [0, 0.05) is 12.2 Å². The van der Waals surface area contributed by atoms with Crippen molar-refractivity contribution in [3.63, 3.8) is 0 Å². The molecule has 0 spiro atoms. The molecule has 0 fully saturated rings. The number of rotatable bonds is 3. The molecule has 0 aliphatic heterocycles. The van der Waals surface area contributed by atoms with Crippen molar-refractivity contribution in [2.24, 2.45) is 0 Å². The SMILES string of the molecule is CC(C)NC(=O)NCc1cc2ccccn2n1. The Bertz CT molecular complexity index is 485. The van der Waals surface area contributed by atoms with Crippen molar-refractivity contribution in [2.45, 2.75) is 26.4 Å². The first-order chi connectivity index (χ1) is 8.15. The summed E-state index contributed by atoms with van der Waals surface area (Å²) in [6.45, 7) is 4.27. The van der Waals surface area contributed by atoms with Crippen molar-refractivity contribution in [1.82, 2.24) is 20.2 Å². The molecule has 2 aromatic heterocycles. The third kappa shape index (κ3) is 2.96. The lowest BCUT2D eigenvalue weighted by Crippen LogP contribution is -2.39. The van der Waals surface area contributed by atoms with Crippen LogP contribution in [0.2, 0.25) is 0 Å². The quantitative estimate of drug-likeness (QED) is 0.843. The number of nitrogens with zero attached hydrogens (tertiary/aromatic N) is 2. The minimum Gasteiger partial charge on any atom is -0.336 e. The van der Waals surface area contributed by atoms with Gasteiger partial charge in [0.25, 0.3) is 0 Å². The normalized spacial score (nSPS) is 10.8. The predicted octanol–water partition coefficient (Wildman–Crippen LogP) is 1.54. The fourth-order valence-corrected chi connectivity index (χ4v) is 1.56. The van der Waals surface area contributed by atoms with Crippen LogP contribution in [0, 0.1) is 0 Å². The largest absolute Gasteiger partial charge is 0.336 e. The molecule has 0 aliphatic carbocycles. The van der Waals surface area contributed by atoms with E-state index in [2.05, 4.69) is 15.7 Å². The zero-order valence-corrected chi connectivity index (χ0v) is 9.97. The van der Waals surface area contributed by atoms with Crippen molar-refractivity contribution < 1.29 is 4.79 Å². The molecular weight excluding hydrogens is 216 g/mol. The maximum absolute atomic E-state index is 11.4. The molecule has 2 heterocycles. The Labute approximate surface area is 99.8 Å². The van der Waals surface area contributed by atoms with Crippen LogP contribution in [0.5, 0.6) is 0 Å². The summed E-state index contributed by atoms with van der Waals surface area (Å²) in [5.41, 5.74) is 1.86. The van der Waals surface area contributed by atoms with E-state index >= 15 is 0 Å². The van der Waals surface area contributed by atoms with Gasteiger partial charge in [-0.3, -0.25) is 0 Å². The minimum atomic E-state index is -0.169. The van der Waals surface area contributed by atoms with Gasteiger partial charge < -0.3 is 10.6 Å². The van der Waals surface area contributed by atoms with Crippen molar-refractivity contribution >= 4 is 11.5 Å². The summed E-state index contributed by atoms with van der Waals surface area (Å²) in [6, 6.07) is 7.77. The molecule has 0 saturated heterocycles. The standard InChI is InChI=1S/C12H16N4O/c1-9(2)14-12(17)13-8-10-7-11-5-3-4-6-16(11)15-10/h3-7,9H,8H2,1-2H3,(H2,13,14,17). The van der Waals surface area contributed by atoms with Crippen LogP contribution in [-0.2, 0) is 6.54 Å². The van der Waals surface area contributed by atoms with Gasteiger partial charge in [-0.15, -0.1) is 0 Å². The van der Waals surface area contributed by atoms with E-state index in [9.17, 15) is 4.79 Å². The predicted molar refractivity (Wildman–Crippen MR) is 65.7 cm³/mol. The summed E-state index contributed by atoms with van der Waals surface area (Å²) in [6.07, 6.45) is 1.88. The van der Waals surface area contributed by atoms with Crippen molar-refractivity contribution in [3.05, 3.63) is 36.2 Å². The first-order valence-corrected chi connectivity index (χ1v) is 5.63. The number of nitrogens with one attached hydrogen (secondary N) is 2. The zero-order valence-electron chi connectivity index (χ0n) is 9.97. The Balaban J connectivity index is 1.97. The highest BCUT2D eigenvalue weighted by Gasteiger charge is 2.04. The Morgan fingerprint density at radius 1 is 1.47 bits per heavy atom. The Kier molecular flexibility index (Phi) is 3.27. The lowest BCUT2D eigenvalue weighted by atomic mass is 10.3. The van der Waals surface area contributed by atoms with Gasteiger partial charge in [-0.1, -0.05) is 6.07 Å². The molecule has 0 aliphatic rings. The third-order valence-corrected chi connectivity index (χ3v) is 2.27. The molecule has 0 bridgehead atoms. The number of carbonyl (C=O) groups is 1. The second-order valence-corrected chi connectivity index (χ2v) is 4.19. The monoisotopic (exact) mass is 232 g/mol. The fourth-order valence-electron chi connectivity index (χ4n) is 1.56. The number of carbonyl (C=O) groups excluding carboxylic acids is 1. The average Bonchev–Trinajstić information content (AvgIpc) is 2.68. The van der Waals surface area contributed by atoms with Gasteiger partial charge in [-0.25, -0.2) is 9.31 Å². The summed E-state index contributed by atoms with van der Waals surface area (Å²) < 4.78 is 1.79. The molecule has 0 radical (unpaired) electrons. The maximum Gasteiger partial charge on any atom is 0.315 e. The number of aromatic nitrogens is 2. The van der Waals surface area contributed by atoms with E-state index in [1.54, 1.807) is 4.52 Å². The maximum atomic E-state index is 11.4. The average molecular weight is 232 g/mol. The Morgan fingerprint density at radius 3 is 3.00 bits per heavy atom. The van der Waals surface area contributed by atoms with Gasteiger partial charge in [0.05, 0.1) is 17.8 Å². The van der Waals surface area contributed by atoms with Crippen LogP contribution in [0.4, 0.5) is 4.79 Å². The number of amides is 2. The zero-order chi connectivity index (χ0) is 12.3. The van der Waals surface area contributed by atoms with Crippen LogP contribution in [0.3, 0.4) is 0 Å². The smallest absolute Gasteiger partial charge is 0.315 e. The first-order valence-electron chi connectivity index (χ1n) is 5.63. The van der Waals surface area contributed by atoms with Crippen LogP contribution < -0.4 is 10.6 Å². The lowest BCUT2D eigenvalue weighted by molar-refractivity contribution is 0.238. The van der Waals surface area contributed by atoms with Crippen LogP contribution >= 0.6 is 0 Å². The van der Waals surface area contributed by atoms with E-state index < -0.39 is 0 Å². The molecule has 0 atom stereocenters. The molecule has 17 heavy (non-hydrogen) atoms. The van der Waals surface area contributed by atoms with Crippen LogP contribution in [0.15, 0.2) is 30.5 Å². The molecule has 5 heteroatoms. The van der Waals surface area contributed by atoms with Gasteiger partial charge in [0.2, 0.25) is 0 Å². The van der Waals surface area contributed by atoms with Crippen LogP contribution in [0.25, 0.3) is 5.52 Å². The Hall–Kier alpha value is -2.04. The van der Waals surface area contributed by atoms with E-state index in [4.69, 9.17) is 0 Å². The van der Waals surface area contributed by atoms with Gasteiger partial charge in [0.1, 0.15) is 0 Å². The number of hydrogen-bond acceptors (Lipinski definition) is 2. The first kappa shape index (κ1) is 11.4. The molecule has 0 aromatic carbocycles. The second kappa shape index (κ2) is 4.86. The highest BCUT2D eigenvalue weighted by Crippen LogP contribution is 2.05. The molecule has 0 unspecified atom stereocenters. The van der Waals surface area contributed by atoms with E-state index in [1.807, 2.05) is 44.3 Å². The van der Waals surface area contributed by atoms with Gasteiger partial charge >= 0.3 is 6.03 Å². The van der Waals surface area contributed by atoms with Crippen LogP contribution in [0.1, 0.15) is 19.5 Å². The molecule has 90 valence electrons. The number of pyridine rings is 1. The van der Waals surface area contributed by atoms with Crippen molar-refractivity contribution in [1.29, 1.82) is 0 Å². The third-order valence-electron chi connectivity index (χ3n) is 2.27. The summed E-state index contributed by atoms with van der Waals surface area (Å²) >= 11 is 0. The second-order valence-electron chi connectivity index (χ2n) is 4.19. The van der Waals surface area contributed by atoms with Gasteiger partial charge in [-0.05, 0) is 32.0 Å². The van der Waals surface area contributed by atoms with E-state index in [-0.39, 0.29) is 12.1 Å². The Morgan fingerprint density at radius 2 is 2.29 bits per heavy atom. The summed E-state index contributed by atoms with van der Waals surface area (Å²) in [5.74, 6) is 0. The van der Waals surface area contributed by atoms with Gasteiger partial charge in [-0.2, -0.15) is 5.10 Å². The number of fused-ring (bicyclic) bond motifs is 1. The fraction of sp³-hybridized carbons (Fsp3) is 0.333. The molecule has 2 rings (SSSR count). The molecule has 2 N–H and O–H groups in total. The molecule has 2 amide bonds. The molecule has 5 nitrogen and oxygen atoms in total. The number of urea groups is 1. The molecular formula is C12H16N4O. The minimum absolute atomic E-state index is 0.135. The summed E-state index contributed by atoms with van der Waals surface area (Å²) in [5, 5.41) is 9.87. The highest BCUT2D eigenvalue weighted by atomic mass is 16.2. The summed E-state index contributed by atoms with van der Waals surface area (Å²) in [7, 11) is 0. The van der Waals surface area contributed by atoms with E-state index in [0.717, 1.165) is 11.2 Å². The highest BCUT2D eigenvalue weighted by molar-refractivity contribution is 5.74. The van der Waals surface area contributed by atoms with Crippen molar-refractivity contribution in [3.8, 4) is 0 Å². The summed E-state index contributed by atoms with van der Waals surface area (Å²) in [4.78, 5) is 11.4. The van der Waals surface area contributed by atoms with E-state index in [0.29, 0.717) is 6.54 Å². The topological polar surface area (TPSA) is 58.4 Å². The molecule has 0 saturated carbocycles. The van der Waals surface area contributed by atoms with Crippen LogP contribution in [-0.4, -0.2) is 21.7 Å². The van der Waals surface area contributed by atoms with Crippen molar-refractivity contribution in [2.75, 3.05) is 0 Å². The number of hydrogen-bond donors (Lipinski definition) is 2. The lowest BCUT2D eigenvalue weighted by Gasteiger charge is -2.08. The molecule has 2 aromatic rings.